The van der Waals surface area contributed by atoms with Crippen LogP contribution >= 0.6 is 0 Å². The lowest BCUT2D eigenvalue weighted by molar-refractivity contribution is -0.120. The Kier molecular flexibility index (Phi) is 5.89. The maximum atomic E-state index is 12.2. The summed E-state index contributed by atoms with van der Waals surface area (Å²) >= 11 is 0. The SMILES string of the molecule is Cc1ccc(CC(=O)N/N=C\c2cn(CCC(N)=O)c3ccccc23)c(C)c1. The minimum Gasteiger partial charge on any atom is -0.370 e. The Hall–Kier alpha value is -3.41. The van der Waals surface area contributed by atoms with Crippen molar-refractivity contribution >= 4 is 28.9 Å². The second-order valence-corrected chi connectivity index (χ2v) is 6.91. The van der Waals surface area contributed by atoms with E-state index in [0.717, 1.165) is 27.6 Å². The van der Waals surface area contributed by atoms with E-state index in [1.165, 1.54) is 5.56 Å². The van der Waals surface area contributed by atoms with Gasteiger partial charge in [0.1, 0.15) is 0 Å². The first kappa shape index (κ1) is 19.4. The van der Waals surface area contributed by atoms with Gasteiger partial charge in [0.25, 0.3) is 0 Å². The minimum absolute atomic E-state index is 0.166. The van der Waals surface area contributed by atoms with Crippen molar-refractivity contribution in [1.82, 2.24) is 9.99 Å². The summed E-state index contributed by atoms with van der Waals surface area (Å²) in [4.78, 5) is 23.3. The van der Waals surface area contributed by atoms with Gasteiger partial charge in [-0.15, -0.1) is 0 Å². The number of benzene rings is 2. The molecule has 0 aliphatic rings. The van der Waals surface area contributed by atoms with Gasteiger partial charge in [0.05, 0.1) is 12.6 Å². The van der Waals surface area contributed by atoms with Crippen LogP contribution in [0.1, 0.15) is 28.7 Å². The zero-order valence-corrected chi connectivity index (χ0v) is 16.1. The number of rotatable bonds is 7. The number of carbonyl (C=O) groups is 2. The monoisotopic (exact) mass is 376 g/mol. The number of nitrogens with one attached hydrogen (secondary N) is 1. The molecule has 0 unspecified atom stereocenters. The van der Waals surface area contributed by atoms with Gasteiger partial charge in [-0.25, -0.2) is 5.43 Å². The molecule has 0 fully saturated rings. The maximum absolute atomic E-state index is 12.2. The third-order valence-electron chi connectivity index (χ3n) is 4.66. The van der Waals surface area contributed by atoms with Crippen LogP contribution in [0.2, 0.25) is 0 Å². The fourth-order valence-electron chi connectivity index (χ4n) is 3.22. The van der Waals surface area contributed by atoms with Crippen molar-refractivity contribution in [1.29, 1.82) is 0 Å². The number of primary amides is 1. The van der Waals surface area contributed by atoms with Crippen molar-refractivity contribution in [3.8, 4) is 0 Å². The Morgan fingerprint density at radius 3 is 2.71 bits per heavy atom. The molecule has 1 aromatic heterocycles. The molecule has 1 heterocycles. The fourth-order valence-corrected chi connectivity index (χ4v) is 3.22. The topological polar surface area (TPSA) is 89.5 Å². The van der Waals surface area contributed by atoms with Gasteiger partial charge in [0, 0.05) is 35.6 Å². The number of hydrogen-bond donors (Lipinski definition) is 2. The van der Waals surface area contributed by atoms with Gasteiger partial charge in [0.15, 0.2) is 0 Å². The van der Waals surface area contributed by atoms with Crippen molar-refractivity contribution in [2.75, 3.05) is 0 Å². The first-order valence-electron chi connectivity index (χ1n) is 9.18. The summed E-state index contributed by atoms with van der Waals surface area (Å²) in [5.74, 6) is -0.507. The van der Waals surface area contributed by atoms with Crippen LogP contribution in [0.3, 0.4) is 0 Å². The Balaban J connectivity index is 1.70. The molecule has 144 valence electrons. The second-order valence-electron chi connectivity index (χ2n) is 6.91. The minimum atomic E-state index is -0.341. The lowest BCUT2D eigenvalue weighted by atomic mass is 10.0. The van der Waals surface area contributed by atoms with E-state index in [2.05, 4.69) is 16.6 Å². The van der Waals surface area contributed by atoms with E-state index in [1.54, 1.807) is 6.21 Å². The van der Waals surface area contributed by atoms with Crippen LogP contribution in [0.15, 0.2) is 53.8 Å². The quantitative estimate of drug-likeness (QED) is 0.490. The predicted octanol–water partition coefficient (Wildman–Crippen LogP) is 2.83. The number of aromatic nitrogens is 1. The number of fused-ring (bicyclic) bond motifs is 1. The fraction of sp³-hybridized carbons (Fsp3) is 0.227. The lowest BCUT2D eigenvalue weighted by Crippen LogP contribution is -2.20. The molecule has 2 amide bonds. The number of para-hydroxylation sites is 1. The smallest absolute Gasteiger partial charge is 0.244 e. The van der Waals surface area contributed by atoms with Crippen molar-refractivity contribution in [3.05, 3.63) is 70.9 Å². The van der Waals surface area contributed by atoms with Crippen LogP contribution in [0, 0.1) is 13.8 Å². The zero-order chi connectivity index (χ0) is 20.1. The van der Waals surface area contributed by atoms with Gasteiger partial charge in [-0.3, -0.25) is 9.59 Å². The molecule has 0 aliphatic heterocycles. The molecule has 0 aliphatic carbocycles. The Morgan fingerprint density at radius 1 is 1.18 bits per heavy atom. The van der Waals surface area contributed by atoms with E-state index in [0.29, 0.717) is 6.54 Å². The van der Waals surface area contributed by atoms with E-state index in [-0.39, 0.29) is 24.7 Å². The number of carbonyl (C=O) groups excluding carboxylic acids is 2. The first-order chi connectivity index (χ1) is 13.4. The number of nitrogens with zero attached hydrogens (tertiary/aromatic N) is 2. The lowest BCUT2D eigenvalue weighted by Gasteiger charge is -2.05. The summed E-state index contributed by atoms with van der Waals surface area (Å²) in [6, 6.07) is 13.9. The molecule has 0 saturated carbocycles. The average molecular weight is 376 g/mol. The molecule has 6 nitrogen and oxygen atoms in total. The highest BCUT2D eigenvalue weighted by Gasteiger charge is 2.08. The van der Waals surface area contributed by atoms with Crippen molar-refractivity contribution in [2.45, 2.75) is 33.2 Å². The summed E-state index contributed by atoms with van der Waals surface area (Å²) in [5, 5.41) is 5.11. The normalized spacial score (nSPS) is 11.2. The van der Waals surface area contributed by atoms with Gasteiger partial charge in [-0.05, 0) is 31.0 Å². The molecule has 0 spiro atoms. The number of amides is 2. The van der Waals surface area contributed by atoms with E-state index in [9.17, 15) is 9.59 Å². The highest BCUT2D eigenvalue weighted by atomic mass is 16.2. The first-order valence-corrected chi connectivity index (χ1v) is 9.18. The summed E-state index contributed by atoms with van der Waals surface area (Å²) in [7, 11) is 0. The molecule has 2 aromatic carbocycles. The van der Waals surface area contributed by atoms with Crippen LogP contribution in [-0.2, 0) is 22.6 Å². The Labute approximate surface area is 164 Å². The summed E-state index contributed by atoms with van der Waals surface area (Å²) in [5.41, 5.74) is 13.0. The third-order valence-corrected chi connectivity index (χ3v) is 4.66. The highest BCUT2D eigenvalue weighted by molar-refractivity contribution is 5.99. The summed E-state index contributed by atoms with van der Waals surface area (Å²) in [6.07, 6.45) is 4.09. The molecule has 0 radical (unpaired) electrons. The van der Waals surface area contributed by atoms with Crippen LogP contribution < -0.4 is 11.2 Å². The second kappa shape index (κ2) is 8.52. The van der Waals surface area contributed by atoms with Crippen LogP contribution in [0.5, 0.6) is 0 Å². The van der Waals surface area contributed by atoms with E-state index >= 15 is 0 Å². The Bertz CT molecular complexity index is 1050. The van der Waals surface area contributed by atoms with Gasteiger partial charge in [0.2, 0.25) is 11.8 Å². The molecule has 0 saturated heterocycles. The Morgan fingerprint density at radius 2 is 1.96 bits per heavy atom. The zero-order valence-electron chi connectivity index (χ0n) is 16.1. The molecule has 0 atom stereocenters. The average Bonchev–Trinajstić information content (AvgIpc) is 3.00. The van der Waals surface area contributed by atoms with E-state index in [4.69, 9.17) is 5.73 Å². The predicted molar refractivity (Wildman–Crippen MR) is 111 cm³/mol. The molecule has 3 aromatic rings. The third kappa shape index (κ3) is 4.65. The summed E-state index contributed by atoms with van der Waals surface area (Å²) < 4.78 is 1.97. The van der Waals surface area contributed by atoms with Gasteiger partial charge >= 0.3 is 0 Å². The van der Waals surface area contributed by atoms with Gasteiger partial charge in [-0.2, -0.15) is 5.10 Å². The summed E-state index contributed by atoms with van der Waals surface area (Å²) in [6.45, 7) is 4.53. The van der Waals surface area contributed by atoms with E-state index < -0.39 is 0 Å². The van der Waals surface area contributed by atoms with Crippen molar-refractivity contribution < 1.29 is 9.59 Å². The molecule has 6 heteroatoms. The van der Waals surface area contributed by atoms with Crippen LogP contribution in [-0.4, -0.2) is 22.6 Å². The molecular formula is C22H24N4O2. The standard InChI is InChI=1S/C22H24N4O2/c1-15-7-8-17(16(2)11-15)12-22(28)25-24-13-18-14-26(10-9-21(23)27)20-6-4-3-5-19(18)20/h3-8,11,13-14H,9-10,12H2,1-2H3,(H2,23,27)(H,25,28)/b24-13-. The highest BCUT2D eigenvalue weighted by Crippen LogP contribution is 2.20. The van der Waals surface area contributed by atoms with Crippen molar-refractivity contribution in [3.63, 3.8) is 0 Å². The molecule has 3 rings (SSSR count). The number of hydrazone groups is 1. The van der Waals surface area contributed by atoms with Gasteiger partial charge in [-0.1, -0.05) is 42.0 Å². The van der Waals surface area contributed by atoms with E-state index in [1.807, 2.05) is 61.0 Å². The number of hydrogen-bond acceptors (Lipinski definition) is 3. The largest absolute Gasteiger partial charge is 0.370 e. The maximum Gasteiger partial charge on any atom is 0.244 e. The van der Waals surface area contributed by atoms with Crippen LogP contribution in [0.4, 0.5) is 0 Å². The van der Waals surface area contributed by atoms with Gasteiger partial charge < -0.3 is 10.3 Å². The van der Waals surface area contributed by atoms with Crippen LogP contribution in [0.25, 0.3) is 10.9 Å². The molecular weight excluding hydrogens is 352 g/mol. The molecule has 28 heavy (non-hydrogen) atoms. The number of nitrogens with two attached hydrogens (primary N) is 1. The van der Waals surface area contributed by atoms with Crippen molar-refractivity contribution in [2.24, 2.45) is 10.8 Å². The molecule has 3 N–H and O–H groups in total. The number of aryl methyl sites for hydroxylation is 3. The molecule has 0 bridgehead atoms.